The Hall–Kier alpha value is -1.09. The van der Waals surface area contributed by atoms with Crippen molar-refractivity contribution in [1.82, 2.24) is 0 Å². The first kappa shape index (κ1) is 50.8. The van der Waals surface area contributed by atoms with Crippen LogP contribution in [0.25, 0.3) is 0 Å². The van der Waals surface area contributed by atoms with Crippen molar-refractivity contribution in [2.24, 2.45) is 35.5 Å². The second-order valence-electron chi connectivity index (χ2n) is 21.3. The summed E-state index contributed by atoms with van der Waals surface area (Å²) in [5.41, 5.74) is -2.16. The van der Waals surface area contributed by atoms with Gasteiger partial charge in [-0.1, -0.05) is 34.6 Å². The number of ether oxygens (including phenoxy) is 12. The van der Waals surface area contributed by atoms with Gasteiger partial charge in [0.2, 0.25) is 0 Å². The number of carboxylic acid groups (broad SMARTS) is 1. The third-order valence-electron chi connectivity index (χ3n) is 17.4. The number of aliphatic carboxylic acids is 1. The summed E-state index contributed by atoms with van der Waals surface area (Å²) in [6, 6.07) is 0. The van der Waals surface area contributed by atoms with E-state index >= 15 is 0 Å². The topological polar surface area (TPSA) is 189 Å². The fraction of sp³-hybridized carbons (Fsp3) is 0.979. The molecule has 0 aromatic rings. The van der Waals surface area contributed by atoms with Gasteiger partial charge < -0.3 is 72.2 Å². The maximum Gasteiger partial charge on any atom is 0.311 e. The zero-order chi connectivity index (χ0) is 46.9. The van der Waals surface area contributed by atoms with E-state index in [9.17, 15) is 20.1 Å². The molecule has 7 aliphatic heterocycles. The highest BCUT2D eigenvalue weighted by atomic mass is 16.8. The fourth-order valence-corrected chi connectivity index (χ4v) is 13.3. The van der Waals surface area contributed by atoms with Crippen LogP contribution < -0.4 is 0 Å². The van der Waals surface area contributed by atoms with E-state index in [2.05, 4.69) is 27.7 Å². The minimum absolute atomic E-state index is 0.0384. The van der Waals surface area contributed by atoms with Crippen LogP contribution in [0.15, 0.2) is 0 Å². The van der Waals surface area contributed by atoms with Gasteiger partial charge in [-0.2, -0.15) is 0 Å². The first-order valence-electron chi connectivity index (χ1n) is 24.2. The molecular weight excluding hydrogens is 833 g/mol. The Morgan fingerprint density at radius 3 is 1.97 bits per heavy atom. The van der Waals surface area contributed by atoms with E-state index in [4.69, 9.17) is 56.8 Å². The molecule has 0 bridgehead atoms. The lowest BCUT2D eigenvalue weighted by Crippen LogP contribution is -2.71. The van der Waals surface area contributed by atoms with E-state index in [0.717, 1.165) is 32.1 Å². The van der Waals surface area contributed by atoms with E-state index in [0.29, 0.717) is 19.3 Å². The van der Waals surface area contributed by atoms with Gasteiger partial charge in [0.25, 0.3) is 0 Å². The summed E-state index contributed by atoms with van der Waals surface area (Å²) >= 11 is 0. The largest absolute Gasteiger partial charge is 0.481 e. The molecule has 7 aliphatic rings. The summed E-state index contributed by atoms with van der Waals surface area (Å²) in [5, 5.41) is 33.5. The van der Waals surface area contributed by atoms with Crippen molar-refractivity contribution in [3.05, 3.63) is 0 Å². The SMILES string of the molecule is COC1CC[C@H](O[C@@]2(C)[C@H](C[C@@H]3C[C@@H](OC)[C@@H](C)[C@]4(O3)O[C@](C)([C@H]3CC[C@@H]([C@H]5CC[C@H]([C@H]6O[C@](C)(O)[C@H](C)C[C@@H]6C)O5)O3)[C@H](OC)[C@H]4C)O[C@](O)([C@@H](C)C(=O)O)[C@@H](C)[C@@H]2OC)O[C@@H]1C. The van der Waals surface area contributed by atoms with Crippen LogP contribution in [0, 0.1) is 35.5 Å². The molecule has 3 N–H and O–H groups in total. The quantitative estimate of drug-likeness (QED) is 0.207. The van der Waals surface area contributed by atoms with E-state index in [-0.39, 0.29) is 78.9 Å². The average molecular weight is 915 g/mol. The predicted octanol–water partition coefficient (Wildman–Crippen LogP) is 5.59. The number of aliphatic hydroxyl groups is 2. The molecule has 16 heteroatoms. The van der Waals surface area contributed by atoms with Crippen LogP contribution in [0.2, 0.25) is 0 Å². The molecule has 64 heavy (non-hydrogen) atoms. The minimum Gasteiger partial charge on any atom is -0.481 e. The molecule has 7 rings (SSSR count). The van der Waals surface area contributed by atoms with Crippen molar-refractivity contribution in [2.45, 2.75) is 235 Å². The van der Waals surface area contributed by atoms with Gasteiger partial charge in [-0.05, 0) is 79.1 Å². The summed E-state index contributed by atoms with van der Waals surface area (Å²) in [6.45, 7) is 19.2. The summed E-state index contributed by atoms with van der Waals surface area (Å²) in [6.07, 6.45) is 1.06. The number of rotatable bonds is 13. The van der Waals surface area contributed by atoms with E-state index in [1.54, 1.807) is 42.3 Å². The van der Waals surface area contributed by atoms with Gasteiger partial charge in [-0.3, -0.25) is 4.79 Å². The summed E-state index contributed by atoms with van der Waals surface area (Å²) in [7, 11) is 6.61. The first-order chi connectivity index (χ1) is 30.0. The second kappa shape index (κ2) is 19.0. The van der Waals surface area contributed by atoms with E-state index in [1.807, 2.05) is 20.8 Å². The van der Waals surface area contributed by atoms with Crippen LogP contribution in [0.3, 0.4) is 0 Å². The Kier molecular flexibility index (Phi) is 15.1. The maximum absolute atomic E-state index is 12.5. The predicted molar refractivity (Wildman–Crippen MR) is 231 cm³/mol. The lowest BCUT2D eigenvalue weighted by atomic mass is 9.71. The monoisotopic (exact) mass is 915 g/mol. The molecule has 7 heterocycles. The van der Waals surface area contributed by atoms with Crippen LogP contribution in [0.4, 0.5) is 0 Å². The van der Waals surface area contributed by atoms with Crippen LogP contribution >= 0.6 is 0 Å². The van der Waals surface area contributed by atoms with Crippen molar-refractivity contribution in [2.75, 3.05) is 28.4 Å². The van der Waals surface area contributed by atoms with E-state index < -0.39 is 77.1 Å². The Balaban J connectivity index is 1.13. The van der Waals surface area contributed by atoms with Gasteiger partial charge in [0.15, 0.2) is 23.7 Å². The number of carboxylic acids is 1. The zero-order valence-electron chi connectivity index (χ0n) is 41.0. The van der Waals surface area contributed by atoms with Gasteiger partial charge in [0, 0.05) is 71.4 Å². The molecule has 16 nitrogen and oxygen atoms in total. The summed E-state index contributed by atoms with van der Waals surface area (Å²) < 4.78 is 79.0. The summed E-state index contributed by atoms with van der Waals surface area (Å²) in [4.78, 5) is 12.5. The third-order valence-corrected chi connectivity index (χ3v) is 17.4. The summed E-state index contributed by atoms with van der Waals surface area (Å²) in [5.74, 6) is -8.05. The first-order valence-corrected chi connectivity index (χ1v) is 24.2. The van der Waals surface area contributed by atoms with Crippen LogP contribution in [0.1, 0.15) is 127 Å². The number of hydrogen-bond acceptors (Lipinski definition) is 15. The Morgan fingerprint density at radius 1 is 0.703 bits per heavy atom. The van der Waals surface area contributed by atoms with Crippen molar-refractivity contribution < 1.29 is 77.0 Å². The van der Waals surface area contributed by atoms with Gasteiger partial charge in [-0.15, -0.1) is 0 Å². The van der Waals surface area contributed by atoms with Crippen molar-refractivity contribution >= 4 is 5.97 Å². The van der Waals surface area contributed by atoms with Gasteiger partial charge in [0.05, 0.1) is 73.2 Å². The molecule has 0 radical (unpaired) electrons. The van der Waals surface area contributed by atoms with Crippen LogP contribution in [-0.4, -0.2) is 158 Å². The van der Waals surface area contributed by atoms with E-state index in [1.165, 1.54) is 6.92 Å². The zero-order valence-corrected chi connectivity index (χ0v) is 41.0. The van der Waals surface area contributed by atoms with Crippen molar-refractivity contribution in [3.8, 4) is 0 Å². The van der Waals surface area contributed by atoms with Gasteiger partial charge >= 0.3 is 5.97 Å². The smallest absolute Gasteiger partial charge is 0.311 e. The highest BCUT2D eigenvalue weighted by Gasteiger charge is 2.70. The molecule has 0 aliphatic carbocycles. The standard InChI is InChI=1S/C48H82O16/c1-24-21-25(2)46(10,51)63-40(24)35-16-15-33(58-35)34-17-19-37(59-34)45(9)42(56-14)28(5)48(64-45)26(3)36(54-12)22-31(60-48)23-38-44(8,62-39-20-18-32(53-11)30(7)57-39)41(55-13)27(4)47(52,61-38)29(6)43(49)50/h24-42,51-52H,15-23H2,1-14H3,(H,49,50)/t24-,25+,26+,27-,28+,29-,30+,31-,32?,33+,34-,35+,36+,37+,38-,39-,40-,41-,42+,44-,45+,46-,47-,48-/m0/s1. The average Bonchev–Trinajstić information content (AvgIpc) is 3.98. The Labute approximate surface area is 381 Å². The minimum atomic E-state index is -2.11. The highest BCUT2D eigenvalue weighted by Crippen LogP contribution is 2.57. The lowest BCUT2D eigenvalue weighted by molar-refractivity contribution is -0.403. The highest BCUT2D eigenvalue weighted by molar-refractivity contribution is 5.70. The van der Waals surface area contributed by atoms with Gasteiger partial charge in [-0.25, -0.2) is 0 Å². The second-order valence-corrected chi connectivity index (χ2v) is 21.3. The molecular formula is C48H82O16. The molecule has 0 aromatic carbocycles. The molecule has 370 valence electrons. The van der Waals surface area contributed by atoms with Crippen molar-refractivity contribution in [1.29, 1.82) is 0 Å². The lowest BCUT2D eigenvalue weighted by Gasteiger charge is -2.58. The molecule has 7 fully saturated rings. The molecule has 1 unspecified atom stereocenters. The molecule has 1 spiro atoms. The molecule has 7 saturated heterocycles. The molecule has 0 aromatic heterocycles. The maximum atomic E-state index is 12.5. The molecule has 0 amide bonds. The normalized spacial score (nSPS) is 54.1. The molecule has 0 saturated carbocycles. The Morgan fingerprint density at radius 2 is 1.34 bits per heavy atom. The van der Waals surface area contributed by atoms with Crippen LogP contribution in [-0.2, 0) is 61.6 Å². The Bertz CT molecular complexity index is 1600. The third kappa shape index (κ3) is 8.77. The van der Waals surface area contributed by atoms with Crippen molar-refractivity contribution in [3.63, 3.8) is 0 Å². The fourth-order valence-electron chi connectivity index (χ4n) is 13.3. The number of hydrogen-bond donors (Lipinski definition) is 3. The number of methoxy groups -OCH3 is 4. The van der Waals surface area contributed by atoms with Gasteiger partial charge in [0.1, 0.15) is 17.1 Å². The number of carbonyl (C=O) groups is 1. The molecule has 24 atom stereocenters. The van der Waals surface area contributed by atoms with Crippen LogP contribution in [0.5, 0.6) is 0 Å².